The highest BCUT2D eigenvalue weighted by Gasteiger charge is 2.29. The fourth-order valence-electron chi connectivity index (χ4n) is 2.08. The number of likely N-dealkylation sites (N-methyl/N-ethyl adjacent to an activating group) is 1. The minimum atomic E-state index is -0.606. The van der Waals surface area contributed by atoms with Crippen molar-refractivity contribution in [2.24, 2.45) is 0 Å². The summed E-state index contributed by atoms with van der Waals surface area (Å²) in [7, 11) is 1.73. The average molecular weight is 341 g/mol. The first-order valence-electron chi connectivity index (χ1n) is 6.42. The fraction of sp³-hybridized carbons (Fsp3) is 0.429. The highest BCUT2D eigenvalue weighted by atomic mass is 79.9. The molecule has 1 heterocycles. The van der Waals surface area contributed by atoms with Crippen LogP contribution in [0.1, 0.15) is 13.3 Å². The van der Waals surface area contributed by atoms with Crippen molar-refractivity contribution >= 4 is 27.7 Å². The van der Waals surface area contributed by atoms with Gasteiger partial charge in [-0.1, -0.05) is 22.0 Å². The van der Waals surface area contributed by atoms with Crippen LogP contribution in [0.2, 0.25) is 0 Å². The van der Waals surface area contributed by atoms with Crippen LogP contribution in [0.15, 0.2) is 28.7 Å². The van der Waals surface area contributed by atoms with Crippen molar-refractivity contribution in [2.75, 3.05) is 13.6 Å². The molecule has 0 aromatic heterocycles. The number of benzene rings is 1. The van der Waals surface area contributed by atoms with Gasteiger partial charge in [-0.2, -0.15) is 0 Å². The summed E-state index contributed by atoms with van der Waals surface area (Å²) < 4.78 is 6.47. The van der Waals surface area contributed by atoms with Crippen LogP contribution >= 0.6 is 15.9 Å². The lowest BCUT2D eigenvalue weighted by Crippen LogP contribution is -2.43. The van der Waals surface area contributed by atoms with Crippen molar-refractivity contribution in [3.8, 4) is 5.75 Å². The highest BCUT2D eigenvalue weighted by molar-refractivity contribution is 9.10. The third-order valence-electron chi connectivity index (χ3n) is 3.17. The highest BCUT2D eigenvalue weighted by Crippen LogP contribution is 2.19. The molecular formula is C14H17BrN2O3. The van der Waals surface area contributed by atoms with Crippen molar-refractivity contribution in [3.05, 3.63) is 28.7 Å². The van der Waals surface area contributed by atoms with Crippen LogP contribution in [0.25, 0.3) is 0 Å². The quantitative estimate of drug-likeness (QED) is 0.904. The van der Waals surface area contributed by atoms with Gasteiger partial charge in [-0.25, -0.2) is 0 Å². The van der Waals surface area contributed by atoms with Crippen LogP contribution in [0.4, 0.5) is 0 Å². The zero-order valence-electron chi connectivity index (χ0n) is 11.4. The van der Waals surface area contributed by atoms with Gasteiger partial charge >= 0.3 is 0 Å². The third kappa shape index (κ3) is 3.72. The summed E-state index contributed by atoms with van der Waals surface area (Å²) in [5, 5.41) is 2.84. The lowest BCUT2D eigenvalue weighted by Gasteiger charge is -2.18. The first kappa shape index (κ1) is 14.8. The number of rotatable bonds is 4. The molecule has 2 rings (SSSR count). The molecule has 0 radical (unpaired) electrons. The molecule has 5 nitrogen and oxygen atoms in total. The summed E-state index contributed by atoms with van der Waals surface area (Å²) in [6, 6.07) is 7.19. The van der Waals surface area contributed by atoms with Crippen LogP contribution in [-0.4, -0.2) is 42.5 Å². The molecular weight excluding hydrogens is 324 g/mol. The van der Waals surface area contributed by atoms with Crippen molar-refractivity contribution in [3.63, 3.8) is 0 Å². The summed E-state index contributed by atoms with van der Waals surface area (Å²) in [6.07, 6.45) is -0.253. The van der Waals surface area contributed by atoms with E-state index in [9.17, 15) is 9.59 Å². The van der Waals surface area contributed by atoms with Gasteiger partial charge in [0, 0.05) is 24.5 Å². The van der Waals surface area contributed by atoms with Gasteiger partial charge in [0.25, 0.3) is 5.91 Å². The lowest BCUT2D eigenvalue weighted by atomic mass is 10.2. The molecule has 0 bridgehead atoms. The van der Waals surface area contributed by atoms with Crippen LogP contribution < -0.4 is 10.1 Å². The Bertz CT molecular complexity index is 521. The maximum atomic E-state index is 12.0. The Morgan fingerprint density at radius 2 is 2.30 bits per heavy atom. The van der Waals surface area contributed by atoms with Gasteiger partial charge < -0.3 is 15.0 Å². The van der Waals surface area contributed by atoms with Gasteiger partial charge in [0.2, 0.25) is 5.91 Å². The average Bonchev–Trinajstić information content (AvgIpc) is 2.68. The maximum Gasteiger partial charge on any atom is 0.261 e. The summed E-state index contributed by atoms with van der Waals surface area (Å²) in [5.41, 5.74) is 0. The zero-order chi connectivity index (χ0) is 14.7. The second-order valence-corrected chi connectivity index (χ2v) is 5.82. The number of carbonyl (C=O) groups excluding carboxylic acids is 2. The van der Waals surface area contributed by atoms with E-state index < -0.39 is 6.10 Å². The van der Waals surface area contributed by atoms with E-state index in [1.54, 1.807) is 31.0 Å². The molecule has 1 aromatic carbocycles. The maximum absolute atomic E-state index is 12.0. The standard InChI is InChI=1S/C14H17BrN2O3/c1-9(20-12-5-3-4-10(15)6-12)14(19)16-11-7-13(18)17(2)8-11/h3-6,9,11H,7-8H2,1-2H3,(H,16,19)/t9-,11+/m1/s1. The summed E-state index contributed by atoms with van der Waals surface area (Å²) in [4.78, 5) is 25.0. The second kappa shape index (κ2) is 6.26. The Kier molecular flexibility index (Phi) is 4.65. The minimum absolute atomic E-state index is 0.0517. The Morgan fingerprint density at radius 1 is 1.55 bits per heavy atom. The Labute approximate surface area is 126 Å². The molecule has 2 atom stereocenters. The zero-order valence-corrected chi connectivity index (χ0v) is 13.0. The molecule has 108 valence electrons. The van der Waals surface area contributed by atoms with E-state index in [4.69, 9.17) is 4.74 Å². The van der Waals surface area contributed by atoms with E-state index in [1.165, 1.54) is 0 Å². The van der Waals surface area contributed by atoms with E-state index >= 15 is 0 Å². The van der Waals surface area contributed by atoms with E-state index in [-0.39, 0.29) is 17.9 Å². The lowest BCUT2D eigenvalue weighted by molar-refractivity contribution is -0.127. The molecule has 0 spiro atoms. The minimum Gasteiger partial charge on any atom is -0.481 e. The molecule has 20 heavy (non-hydrogen) atoms. The first-order valence-corrected chi connectivity index (χ1v) is 7.21. The molecule has 2 amide bonds. The van der Waals surface area contributed by atoms with Crippen LogP contribution in [0, 0.1) is 0 Å². The fourth-order valence-corrected chi connectivity index (χ4v) is 2.45. The molecule has 1 aliphatic heterocycles. The summed E-state index contributed by atoms with van der Waals surface area (Å²) in [5.74, 6) is 0.468. The number of hydrogen-bond acceptors (Lipinski definition) is 3. The van der Waals surface area contributed by atoms with Gasteiger partial charge in [0.15, 0.2) is 6.10 Å². The van der Waals surface area contributed by atoms with E-state index in [1.807, 2.05) is 12.1 Å². The number of likely N-dealkylation sites (tertiary alicyclic amines) is 1. The SMILES string of the molecule is C[C@@H](Oc1cccc(Br)c1)C(=O)N[C@H]1CC(=O)N(C)C1. The Morgan fingerprint density at radius 3 is 2.90 bits per heavy atom. The molecule has 1 saturated heterocycles. The number of nitrogens with zero attached hydrogens (tertiary/aromatic N) is 1. The molecule has 0 aliphatic carbocycles. The smallest absolute Gasteiger partial charge is 0.261 e. The van der Waals surface area contributed by atoms with Crippen molar-refractivity contribution < 1.29 is 14.3 Å². The number of halogens is 1. The molecule has 6 heteroatoms. The molecule has 0 unspecified atom stereocenters. The Hall–Kier alpha value is -1.56. The summed E-state index contributed by atoms with van der Waals surface area (Å²) in [6.45, 7) is 2.24. The van der Waals surface area contributed by atoms with Gasteiger partial charge in [0.1, 0.15) is 5.75 Å². The van der Waals surface area contributed by atoms with E-state index in [2.05, 4.69) is 21.2 Å². The van der Waals surface area contributed by atoms with Crippen LogP contribution in [-0.2, 0) is 9.59 Å². The monoisotopic (exact) mass is 340 g/mol. The van der Waals surface area contributed by atoms with Crippen LogP contribution in [0.3, 0.4) is 0 Å². The van der Waals surface area contributed by atoms with Crippen molar-refractivity contribution in [2.45, 2.75) is 25.5 Å². The van der Waals surface area contributed by atoms with Gasteiger partial charge in [-0.15, -0.1) is 0 Å². The predicted molar refractivity (Wildman–Crippen MR) is 78.4 cm³/mol. The number of ether oxygens (including phenoxy) is 1. The van der Waals surface area contributed by atoms with Crippen molar-refractivity contribution in [1.82, 2.24) is 10.2 Å². The topological polar surface area (TPSA) is 58.6 Å². The molecule has 1 fully saturated rings. The number of nitrogens with one attached hydrogen (secondary N) is 1. The number of hydrogen-bond donors (Lipinski definition) is 1. The molecule has 1 N–H and O–H groups in total. The van der Waals surface area contributed by atoms with Gasteiger partial charge in [0.05, 0.1) is 6.04 Å². The largest absolute Gasteiger partial charge is 0.481 e. The second-order valence-electron chi connectivity index (χ2n) is 4.90. The Balaban J connectivity index is 1.88. The molecule has 0 saturated carbocycles. The predicted octanol–water partition coefficient (Wildman–Crippen LogP) is 1.56. The third-order valence-corrected chi connectivity index (χ3v) is 3.66. The first-order chi connectivity index (χ1) is 9.45. The number of amides is 2. The normalized spacial score (nSPS) is 19.9. The van der Waals surface area contributed by atoms with E-state index in [0.717, 1.165) is 4.47 Å². The van der Waals surface area contributed by atoms with E-state index in [0.29, 0.717) is 18.7 Å². The van der Waals surface area contributed by atoms with Crippen LogP contribution in [0.5, 0.6) is 5.75 Å². The molecule has 1 aromatic rings. The van der Waals surface area contributed by atoms with Crippen molar-refractivity contribution in [1.29, 1.82) is 0 Å². The number of carbonyl (C=O) groups is 2. The molecule has 1 aliphatic rings. The summed E-state index contributed by atoms with van der Waals surface area (Å²) >= 11 is 3.35. The van der Waals surface area contributed by atoms with Gasteiger partial charge in [-0.05, 0) is 25.1 Å². The van der Waals surface area contributed by atoms with Gasteiger partial charge in [-0.3, -0.25) is 9.59 Å².